The number of fused-ring (bicyclic) bond motifs is 1. The molecule has 0 aliphatic carbocycles. The first-order chi connectivity index (χ1) is 20.8. The number of rotatable bonds is 6. The van der Waals surface area contributed by atoms with Gasteiger partial charge in [0.25, 0.3) is 0 Å². The quantitative estimate of drug-likeness (QED) is 0.428. The van der Waals surface area contributed by atoms with Gasteiger partial charge in [-0.2, -0.15) is 0 Å². The minimum atomic E-state index is -0.682. The first-order valence-electron chi connectivity index (χ1n) is 15.1. The number of carbonyl (C=O) groups excluding carboxylic acids is 3. The van der Waals surface area contributed by atoms with Gasteiger partial charge in [-0.15, -0.1) is 0 Å². The summed E-state index contributed by atoms with van der Waals surface area (Å²) in [6, 6.07) is 14.2. The van der Waals surface area contributed by atoms with E-state index in [1.807, 2.05) is 30.3 Å². The smallest absolute Gasteiger partial charge is 0.243 e. The summed E-state index contributed by atoms with van der Waals surface area (Å²) >= 11 is 6.22. The van der Waals surface area contributed by atoms with Gasteiger partial charge in [0.1, 0.15) is 11.8 Å². The van der Waals surface area contributed by atoms with Crippen molar-refractivity contribution in [2.45, 2.75) is 50.6 Å². The summed E-state index contributed by atoms with van der Waals surface area (Å²) < 4.78 is 10.8. The van der Waals surface area contributed by atoms with E-state index in [9.17, 15) is 14.4 Å². The lowest BCUT2D eigenvalue weighted by Crippen LogP contribution is -2.58. The molecule has 43 heavy (non-hydrogen) atoms. The second kappa shape index (κ2) is 14.4. The van der Waals surface area contributed by atoms with Crippen molar-refractivity contribution in [1.29, 1.82) is 0 Å². The largest absolute Gasteiger partial charge is 0.495 e. The fourth-order valence-corrected chi connectivity index (χ4v) is 6.61. The molecule has 0 unspecified atom stereocenters. The van der Waals surface area contributed by atoms with Gasteiger partial charge < -0.3 is 25.4 Å². The van der Waals surface area contributed by atoms with Gasteiger partial charge >= 0.3 is 0 Å². The number of hydrogen-bond acceptors (Lipinski definition) is 6. The molecule has 1 spiro atoms. The third-order valence-electron chi connectivity index (χ3n) is 8.90. The number of nitrogens with one attached hydrogen (secondary N) is 3. The molecule has 3 atom stereocenters. The zero-order valence-corrected chi connectivity index (χ0v) is 25.4. The fraction of sp³-hybridized carbons (Fsp3) is 0.485. The highest BCUT2D eigenvalue weighted by Gasteiger charge is 2.41. The van der Waals surface area contributed by atoms with Crippen LogP contribution in [0.4, 0.5) is 5.69 Å². The van der Waals surface area contributed by atoms with Crippen molar-refractivity contribution >= 4 is 35.0 Å². The maximum atomic E-state index is 13.8. The van der Waals surface area contributed by atoms with E-state index in [-0.39, 0.29) is 36.2 Å². The Morgan fingerprint density at radius 3 is 2.65 bits per heavy atom. The van der Waals surface area contributed by atoms with Gasteiger partial charge in [-0.1, -0.05) is 54.1 Å². The van der Waals surface area contributed by atoms with Crippen molar-refractivity contribution in [3.8, 4) is 5.75 Å². The maximum Gasteiger partial charge on any atom is 0.243 e. The zero-order chi connectivity index (χ0) is 30.2. The highest BCUT2D eigenvalue weighted by atomic mass is 35.5. The molecule has 230 valence electrons. The average molecular weight is 609 g/mol. The summed E-state index contributed by atoms with van der Waals surface area (Å²) in [7, 11) is 1.55. The van der Waals surface area contributed by atoms with Crippen LogP contribution in [0.5, 0.6) is 5.75 Å². The topological polar surface area (TPSA) is 109 Å². The summed E-state index contributed by atoms with van der Waals surface area (Å²) in [6.45, 7) is 2.63. The molecule has 5 rings (SSSR count). The van der Waals surface area contributed by atoms with Crippen molar-refractivity contribution in [1.82, 2.24) is 15.5 Å². The monoisotopic (exact) mass is 608 g/mol. The Bertz CT molecular complexity index is 1310. The molecule has 0 bridgehead atoms. The van der Waals surface area contributed by atoms with Crippen LogP contribution in [0.1, 0.15) is 37.7 Å². The number of halogens is 1. The zero-order valence-electron chi connectivity index (χ0n) is 24.7. The number of anilines is 1. The van der Waals surface area contributed by atoms with Crippen LogP contribution in [0.3, 0.4) is 0 Å². The molecular formula is C33H41ClN4O5. The molecule has 10 heteroatoms. The van der Waals surface area contributed by atoms with Crippen LogP contribution in [0.15, 0.2) is 60.7 Å². The summed E-state index contributed by atoms with van der Waals surface area (Å²) in [4.78, 5) is 42.6. The molecule has 9 nitrogen and oxygen atoms in total. The Morgan fingerprint density at radius 1 is 1.12 bits per heavy atom. The van der Waals surface area contributed by atoms with E-state index in [2.05, 4.69) is 33.0 Å². The van der Waals surface area contributed by atoms with Gasteiger partial charge in [0, 0.05) is 44.5 Å². The lowest BCUT2D eigenvalue weighted by molar-refractivity contribution is -0.140. The second-order valence-electron chi connectivity index (χ2n) is 11.8. The van der Waals surface area contributed by atoms with Crippen LogP contribution in [0, 0.1) is 11.3 Å². The lowest BCUT2D eigenvalue weighted by atomic mass is 9.75. The Kier molecular flexibility index (Phi) is 10.4. The van der Waals surface area contributed by atoms with Gasteiger partial charge in [0.05, 0.1) is 24.1 Å². The van der Waals surface area contributed by atoms with Crippen LogP contribution in [-0.4, -0.2) is 74.7 Å². The van der Waals surface area contributed by atoms with Crippen molar-refractivity contribution in [2.75, 3.05) is 45.3 Å². The van der Waals surface area contributed by atoms with E-state index in [0.29, 0.717) is 74.9 Å². The molecule has 2 fully saturated rings. The summed E-state index contributed by atoms with van der Waals surface area (Å²) in [5.41, 5.74) is 1.01. The molecule has 2 aromatic rings. The lowest BCUT2D eigenvalue weighted by Gasteiger charge is -2.40. The number of nitrogens with zero attached hydrogens (tertiary/aromatic N) is 1. The number of ether oxygens (including phenoxy) is 2. The predicted octanol–water partition coefficient (Wildman–Crippen LogP) is 3.97. The molecule has 0 radical (unpaired) electrons. The standard InChI is InChI=1S/C33H41ClN4O5/c1-42-29-11-10-25(20-26(29)34)35-30(39)22-38-16-12-27-24(21-38)9-5-6-13-33(14-17-43-18-15-33)32(41)37-28(31(40)36-27)19-23-7-3-2-4-8-23/h2-8,10-11,20,24,27-28H,9,12-19,21-22H2,1H3,(H,35,39)(H,36,40)(H,37,41)/b6-5+/t24-,27+,28-/m1/s1. The van der Waals surface area contributed by atoms with Crippen molar-refractivity contribution < 1.29 is 23.9 Å². The van der Waals surface area contributed by atoms with Crippen LogP contribution >= 0.6 is 11.6 Å². The second-order valence-corrected chi connectivity index (χ2v) is 12.2. The Labute approximate surface area is 258 Å². The summed E-state index contributed by atoms with van der Waals surface area (Å²) in [6.07, 6.45) is 7.98. The average Bonchev–Trinajstić information content (AvgIpc) is 3.00. The Balaban J connectivity index is 1.30. The molecule has 3 N–H and O–H groups in total. The predicted molar refractivity (Wildman–Crippen MR) is 166 cm³/mol. The normalized spacial score (nSPS) is 25.3. The van der Waals surface area contributed by atoms with E-state index in [1.54, 1.807) is 25.3 Å². The number of benzene rings is 2. The number of likely N-dealkylation sites (tertiary alicyclic amines) is 1. The number of hydrogen-bond donors (Lipinski definition) is 3. The summed E-state index contributed by atoms with van der Waals surface area (Å²) in [5, 5.41) is 9.78. The number of allylic oxidation sites excluding steroid dienone is 2. The number of amides is 3. The van der Waals surface area contributed by atoms with E-state index < -0.39 is 11.5 Å². The minimum Gasteiger partial charge on any atom is -0.495 e. The molecule has 2 saturated heterocycles. The molecule has 2 aromatic carbocycles. The molecule has 3 aliphatic rings. The van der Waals surface area contributed by atoms with E-state index in [4.69, 9.17) is 21.1 Å². The molecule has 3 heterocycles. The number of carbonyl (C=O) groups is 3. The van der Waals surface area contributed by atoms with Gasteiger partial charge in [-0.3, -0.25) is 19.3 Å². The van der Waals surface area contributed by atoms with Crippen molar-refractivity contribution in [3.05, 3.63) is 71.3 Å². The van der Waals surface area contributed by atoms with Gasteiger partial charge in [0.15, 0.2) is 0 Å². The van der Waals surface area contributed by atoms with E-state index in [1.165, 1.54) is 0 Å². The Hall–Kier alpha value is -3.40. The number of piperidine rings is 1. The summed E-state index contributed by atoms with van der Waals surface area (Å²) in [5.74, 6) is 0.302. The molecule has 3 amide bonds. The highest BCUT2D eigenvalue weighted by molar-refractivity contribution is 6.32. The SMILES string of the molecule is COc1ccc(NC(=O)CN2CC[C@@H]3NC(=O)[C@@H](Cc4ccccc4)NC(=O)C4(C/C=C/C[C@@H]3C2)CCOCC4)cc1Cl. The maximum absolute atomic E-state index is 13.8. The first-order valence-corrected chi connectivity index (χ1v) is 15.5. The van der Waals surface area contributed by atoms with E-state index in [0.717, 1.165) is 12.0 Å². The van der Waals surface area contributed by atoms with E-state index >= 15 is 0 Å². The third-order valence-corrected chi connectivity index (χ3v) is 9.19. The molecule has 0 saturated carbocycles. The molecule has 0 aromatic heterocycles. The molecular weight excluding hydrogens is 568 g/mol. The van der Waals surface area contributed by atoms with Crippen LogP contribution < -0.4 is 20.7 Å². The number of methoxy groups -OCH3 is 1. The van der Waals surface area contributed by atoms with Gasteiger partial charge in [-0.05, 0) is 61.8 Å². The van der Waals surface area contributed by atoms with Gasteiger partial charge in [-0.25, -0.2) is 0 Å². The highest BCUT2D eigenvalue weighted by Crippen LogP contribution is 2.36. The Morgan fingerprint density at radius 2 is 1.91 bits per heavy atom. The minimum absolute atomic E-state index is 0.0662. The van der Waals surface area contributed by atoms with Crippen LogP contribution in [0.2, 0.25) is 5.02 Å². The van der Waals surface area contributed by atoms with Crippen molar-refractivity contribution in [3.63, 3.8) is 0 Å². The van der Waals surface area contributed by atoms with Crippen LogP contribution in [-0.2, 0) is 25.5 Å². The molecule has 3 aliphatic heterocycles. The third kappa shape index (κ3) is 7.96. The fourth-order valence-electron chi connectivity index (χ4n) is 6.35. The van der Waals surface area contributed by atoms with Crippen molar-refractivity contribution in [2.24, 2.45) is 11.3 Å². The van der Waals surface area contributed by atoms with Crippen LogP contribution in [0.25, 0.3) is 0 Å². The first kappa shape index (κ1) is 31.0. The van der Waals surface area contributed by atoms with Gasteiger partial charge in [0.2, 0.25) is 17.7 Å².